The van der Waals surface area contributed by atoms with Gasteiger partial charge in [0, 0.05) is 24.7 Å². The number of amides is 1. The van der Waals surface area contributed by atoms with E-state index in [2.05, 4.69) is 5.32 Å². The number of ether oxygens (including phenoxy) is 1. The summed E-state index contributed by atoms with van der Waals surface area (Å²) in [7, 11) is -0.742. The maximum absolute atomic E-state index is 13.0. The van der Waals surface area contributed by atoms with Crippen LogP contribution in [0.1, 0.15) is 21.5 Å². The Bertz CT molecular complexity index is 1140. The second kappa shape index (κ2) is 9.00. The Balaban J connectivity index is 1.79. The monoisotopic (exact) mass is 424 g/mol. The van der Waals surface area contributed by atoms with Gasteiger partial charge in [-0.1, -0.05) is 42.0 Å². The molecule has 0 unspecified atom stereocenters. The lowest BCUT2D eigenvalue weighted by Crippen LogP contribution is -2.27. The van der Waals surface area contributed by atoms with Crippen molar-refractivity contribution in [3.63, 3.8) is 0 Å². The molecule has 3 aromatic rings. The topological polar surface area (TPSA) is 75.7 Å². The highest BCUT2D eigenvalue weighted by atomic mass is 32.2. The van der Waals surface area contributed by atoms with Crippen LogP contribution >= 0.6 is 0 Å². The van der Waals surface area contributed by atoms with Crippen molar-refractivity contribution in [2.75, 3.05) is 18.5 Å². The molecule has 3 aromatic carbocycles. The van der Waals surface area contributed by atoms with Crippen molar-refractivity contribution in [3.8, 4) is 5.75 Å². The van der Waals surface area contributed by atoms with E-state index >= 15 is 0 Å². The van der Waals surface area contributed by atoms with Crippen LogP contribution < -0.4 is 14.4 Å². The molecule has 1 amide bonds. The third kappa shape index (κ3) is 4.63. The minimum atomic E-state index is -3.81. The quantitative estimate of drug-likeness (QED) is 0.627. The van der Waals surface area contributed by atoms with Crippen molar-refractivity contribution in [1.29, 1.82) is 0 Å². The molecule has 0 heterocycles. The van der Waals surface area contributed by atoms with Crippen molar-refractivity contribution >= 4 is 21.6 Å². The lowest BCUT2D eigenvalue weighted by molar-refractivity contribution is 0.0950. The summed E-state index contributed by atoms with van der Waals surface area (Å²) in [5.74, 6) is 0.310. The van der Waals surface area contributed by atoms with Crippen molar-refractivity contribution in [1.82, 2.24) is 5.32 Å². The van der Waals surface area contributed by atoms with E-state index in [0.29, 0.717) is 11.4 Å². The standard InChI is InChI=1S/C23H24N2O4S/c1-17-11-13-20(14-12-17)25(2)30(27,28)21-9-6-8-18(15-21)23(26)24-16-19-7-4-5-10-22(19)29-3/h4-15H,16H2,1-3H3,(H,24,26). The summed E-state index contributed by atoms with van der Waals surface area (Å²) in [4.78, 5) is 12.7. The molecular formula is C23H24N2O4S. The zero-order chi connectivity index (χ0) is 21.7. The van der Waals surface area contributed by atoms with E-state index in [1.165, 1.54) is 23.5 Å². The van der Waals surface area contributed by atoms with E-state index in [1.54, 1.807) is 31.4 Å². The van der Waals surface area contributed by atoms with Crippen molar-refractivity contribution in [2.24, 2.45) is 0 Å². The lowest BCUT2D eigenvalue weighted by atomic mass is 10.2. The first kappa shape index (κ1) is 21.4. The number of para-hydroxylation sites is 1. The number of carbonyl (C=O) groups excluding carboxylic acids is 1. The number of hydrogen-bond acceptors (Lipinski definition) is 4. The van der Waals surface area contributed by atoms with Gasteiger partial charge >= 0.3 is 0 Å². The molecule has 6 nitrogen and oxygen atoms in total. The molecule has 30 heavy (non-hydrogen) atoms. The summed E-state index contributed by atoms with van der Waals surface area (Å²) in [6, 6.07) is 20.6. The molecule has 0 saturated heterocycles. The van der Waals surface area contributed by atoms with Gasteiger partial charge in [0.05, 0.1) is 17.7 Å². The summed E-state index contributed by atoms with van der Waals surface area (Å²) < 4.78 is 32.6. The smallest absolute Gasteiger partial charge is 0.264 e. The molecule has 0 saturated carbocycles. The molecule has 0 atom stereocenters. The number of sulfonamides is 1. The predicted molar refractivity (Wildman–Crippen MR) is 117 cm³/mol. The predicted octanol–water partition coefficient (Wildman–Crippen LogP) is 3.76. The summed E-state index contributed by atoms with van der Waals surface area (Å²) >= 11 is 0. The van der Waals surface area contributed by atoms with Crippen LogP contribution in [0.4, 0.5) is 5.69 Å². The van der Waals surface area contributed by atoms with E-state index in [9.17, 15) is 13.2 Å². The van der Waals surface area contributed by atoms with Gasteiger partial charge in [-0.25, -0.2) is 8.42 Å². The van der Waals surface area contributed by atoms with Crippen LogP contribution in [0.2, 0.25) is 0 Å². The Labute approximate surface area is 177 Å². The molecule has 0 bridgehead atoms. The van der Waals surface area contributed by atoms with E-state index in [-0.39, 0.29) is 22.9 Å². The molecule has 0 aliphatic carbocycles. The molecular weight excluding hydrogens is 400 g/mol. The van der Waals surface area contributed by atoms with Gasteiger partial charge in [0.1, 0.15) is 5.75 Å². The first-order valence-corrected chi connectivity index (χ1v) is 10.8. The van der Waals surface area contributed by atoms with E-state index in [4.69, 9.17) is 4.74 Å². The number of carbonyl (C=O) groups is 1. The van der Waals surface area contributed by atoms with Crippen LogP contribution in [0.3, 0.4) is 0 Å². The Morgan fingerprint density at radius 2 is 1.70 bits per heavy atom. The zero-order valence-corrected chi connectivity index (χ0v) is 17.9. The van der Waals surface area contributed by atoms with Gasteiger partial charge in [0.15, 0.2) is 0 Å². The molecule has 7 heteroatoms. The number of anilines is 1. The Kier molecular flexibility index (Phi) is 6.42. The van der Waals surface area contributed by atoms with Gasteiger partial charge in [-0.3, -0.25) is 9.10 Å². The molecule has 1 N–H and O–H groups in total. The van der Waals surface area contributed by atoms with Crippen molar-refractivity contribution < 1.29 is 17.9 Å². The number of benzene rings is 3. The number of aryl methyl sites for hydroxylation is 1. The molecule has 0 spiro atoms. The Hall–Kier alpha value is -3.32. The fraction of sp³-hybridized carbons (Fsp3) is 0.174. The van der Waals surface area contributed by atoms with Crippen LogP contribution in [-0.2, 0) is 16.6 Å². The van der Waals surface area contributed by atoms with Crippen LogP contribution in [0, 0.1) is 6.92 Å². The molecule has 3 rings (SSSR count). The van der Waals surface area contributed by atoms with Crippen molar-refractivity contribution in [2.45, 2.75) is 18.4 Å². The SMILES string of the molecule is COc1ccccc1CNC(=O)c1cccc(S(=O)(=O)N(C)c2ccc(C)cc2)c1. The minimum absolute atomic E-state index is 0.0514. The second-order valence-corrected chi connectivity index (χ2v) is 8.80. The van der Waals surface area contributed by atoms with Crippen LogP contribution in [0.25, 0.3) is 0 Å². The van der Waals surface area contributed by atoms with Crippen LogP contribution in [0.5, 0.6) is 5.75 Å². The van der Waals surface area contributed by atoms with Crippen molar-refractivity contribution in [3.05, 3.63) is 89.5 Å². The molecule has 0 aliphatic rings. The van der Waals surface area contributed by atoms with Crippen LogP contribution in [-0.4, -0.2) is 28.5 Å². The third-order valence-electron chi connectivity index (χ3n) is 4.78. The fourth-order valence-corrected chi connectivity index (χ4v) is 4.22. The third-order valence-corrected chi connectivity index (χ3v) is 6.57. The molecule has 0 aliphatic heterocycles. The average Bonchev–Trinajstić information content (AvgIpc) is 2.77. The normalized spacial score (nSPS) is 11.0. The van der Waals surface area contributed by atoms with Gasteiger partial charge in [-0.05, 0) is 43.3 Å². The van der Waals surface area contributed by atoms with Gasteiger partial charge in [0.25, 0.3) is 15.9 Å². The summed E-state index contributed by atoms with van der Waals surface area (Å²) in [5, 5.41) is 2.81. The Morgan fingerprint density at radius 1 is 1.00 bits per heavy atom. The zero-order valence-electron chi connectivity index (χ0n) is 17.1. The summed E-state index contributed by atoms with van der Waals surface area (Å²) in [6.07, 6.45) is 0. The Morgan fingerprint density at radius 3 is 2.40 bits per heavy atom. The van der Waals surface area contributed by atoms with Gasteiger partial charge in [-0.2, -0.15) is 0 Å². The molecule has 0 aromatic heterocycles. The number of nitrogens with one attached hydrogen (secondary N) is 1. The number of hydrogen-bond donors (Lipinski definition) is 1. The van der Waals surface area contributed by atoms with Gasteiger partial charge in [0.2, 0.25) is 0 Å². The number of nitrogens with zero attached hydrogens (tertiary/aromatic N) is 1. The fourth-order valence-electron chi connectivity index (χ4n) is 2.98. The highest BCUT2D eigenvalue weighted by molar-refractivity contribution is 7.92. The maximum atomic E-state index is 13.0. The summed E-state index contributed by atoms with van der Waals surface area (Å²) in [6.45, 7) is 2.20. The summed E-state index contributed by atoms with van der Waals surface area (Å²) in [5.41, 5.74) is 2.68. The highest BCUT2D eigenvalue weighted by Gasteiger charge is 2.22. The average molecular weight is 425 g/mol. The maximum Gasteiger partial charge on any atom is 0.264 e. The number of methoxy groups -OCH3 is 1. The molecule has 0 fully saturated rings. The molecule has 156 valence electrons. The molecule has 0 radical (unpaired) electrons. The minimum Gasteiger partial charge on any atom is -0.496 e. The first-order valence-electron chi connectivity index (χ1n) is 9.38. The highest BCUT2D eigenvalue weighted by Crippen LogP contribution is 2.23. The van der Waals surface area contributed by atoms with E-state index in [0.717, 1.165) is 11.1 Å². The largest absolute Gasteiger partial charge is 0.496 e. The first-order chi connectivity index (χ1) is 14.3. The van der Waals surface area contributed by atoms with E-state index in [1.807, 2.05) is 43.3 Å². The van der Waals surface area contributed by atoms with Crippen LogP contribution in [0.15, 0.2) is 77.7 Å². The second-order valence-electron chi connectivity index (χ2n) is 6.83. The van der Waals surface area contributed by atoms with Gasteiger partial charge < -0.3 is 10.1 Å². The van der Waals surface area contributed by atoms with Gasteiger partial charge in [-0.15, -0.1) is 0 Å². The number of rotatable bonds is 7. The lowest BCUT2D eigenvalue weighted by Gasteiger charge is -2.20. The van der Waals surface area contributed by atoms with E-state index < -0.39 is 10.0 Å².